The Hall–Kier alpha value is -2.76. The van der Waals surface area contributed by atoms with E-state index in [0.717, 1.165) is 29.8 Å². The summed E-state index contributed by atoms with van der Waals surface area (Å²) in [4.78, 5) is 0. The van der Waals surface area contributed by atoms with Crippen LogP contribution in [0.2, 0.25) is 18.1 Å². The Kier molecular flexibility index (Phi) is 8.51. The first-order valence-electron chi connectivity index (χ1n) is 10.9. The molecule has 5 nitrogen and oxygen atoms in total. The first kappa shape index (κ1) is 28.5. The number of nitrogens with zero attached hydrogens (tertiary/aromatic N) is 2. The summed E-state index contributed by atoms with van der Waals surface area (Å²) >= 11 is 0. The average Bonchev–Trinajstić information content (AvgIpc) is 3.38. The molecule has 0 amide bonds. The predicted molar refractivity (Wildman–Crippen MR) is 124 cm³/mol. The van der Waals surface area contributed by atoms with E-state index in [4.69, 9.17) is 4.43 Å². The van der Waals surface area contributed by atoms with Crippen molar-refractivity contribution in [1.29, 1.82) is 0 Å². The van der Waals surface area contributed by atoms with Crippen LogP contribution in [0, 0.1) is 0 Å². The minimum Gasteiger partial charge on any atom is -0.529 e. The summed E-state index contributed by atoms with van der Waals surface area (Å²) in [6.45, 7) is 12.2. The highest BCUT2D eigenvalue weighted by molar-refractivity contribution is 6.74. The number of aryl methyl sites for hydroxylation is 1. The van der Waals surface area contributed by atoms with Crippen LogP contribution in [0.1, 0.15) is 55.8 Å². The number of H-pyrrole nitrogens is 2. The van der Waals surface area contributed by atoms with Gasteiger partial charge in [0.1, 0.15) is 11.4 Å². The third-order valence-corrected chi connectivity index (χ3v) is 10.2. The number of rotatable bonds is 5. The van der Waals surface area contributed by atoms with E-state index in [0.29, 0.717) is 0 Å². The average molecular weight is 521 g/mol. The van der Waals surface area contributed by atoms with Crippen molar-refractivity contribution >= 4 is 8.32 Å². The molecule has 0 spiro atoms. The van der Waals surface area contributed by atoms with Crippen LogP contribution in [-0.4, -0.2) is 28.7 Å². The molecule has 0 saturated heterocycles. The summed E-state index contributed by atoms with van der Waals surface area (Å²) in [6, 6.07) is 8.48. The van der Waals surface area contributed by atoms with Crippen molar-refractivity contribution in [3.05, 3.63) is 64.6 Å². The van der Waals surface area contributed by atoms with Crippen LogP contribution in [0.5, 0.6) is 5.88 Å². The molecule has 12 heteroatoms. The maximum atomic E-state index is 13.4. The van der Waals surface area contributed by atoms with Gasteiger partial charge in [0, 0.05) is 18.2 Å². The number of hydrogen-bond donors (Lipinski definition) is 2. The van der Waals surface area contributed by atoms with E-state index < -0.39 is 32.1 Å². The van der Waals surface area contributed by atoms with Gasteiger partial charge in [-0.25, -0.2) is 0 Å². The zero-order valence-electron chi connectivity index (χ0n) is 20.4. The topological polar surface area (TPSA) is 66.6 Å². The lowest BCUT2D eigenvalue weighted by Gasteiger charge is -2.35. The maximum Gasteiger partial charge on any atom is 0.433 e. The molecule has 2 aromatic heterocycles. The fraction of sp³-hybridized carbons (Fsp3) is 0.478. The molecule has 194 valence electrons. The van der Waals surface area contributed by atoms with Crippen LogP contribution >= 0.6 is 0 Å². The minimum absolute atomic E-state index is 0.0727. The quantitative estimate of drug-likeness (QED) is 0.272. The predicted octanol–water partition coefficient (Wildman–Crippen LogP) is 7.39. The minimum atomic E-state index is -4.50. The molecule has 3 rings (SSSR count). The largest absolute Gasteiger partial charge is 0.529 e. The molecule has 0 aliphatic rings. The summed E-state index contributed by atoms with van der Waals surface area (Å²) in [7, 11) is -2.30. The van der Waals surface area contributed by atoms with Gasteiger partial charge < -0.3 is 4.43 Å². The van der Waals surface area contributed by atoms with Crippen molar-refractivity contribution in [3.63, 3.8) is 0 Å². The van der Waals surface area contributed by atoms with Crippen LogP contribution in [0.15, 0.2) is 36.5 Å². The number of halogens is 6. The van der Waals surface area contributed by atoms with E-state index in [1.807, 2.05) is 65.1 Å². The van der Waals surface area contributed by atoms with Crippen LogP contribution in [0.4, 0.5) is 26.3 Å². The van der Waals surface area contributed by atoms with Crippen molar-refractivity contribution in [1.82, 2.24) is 20.4 Å². The van der Waals surface area contributed by atoms with Crippen LogP contribution < -0.4 is 4.43 Å². The summed E-state index contributed by atoms with van der Waals surface area (Å²) in [5, 5.41) is 10.8. The zero-order valence-corrected chi connectivity index (χ0v) is 21.4. The fourth-order valence-corrected chi connectivity index (χ4v) is 3.70. The molecular formula is C23H30F6N4OSi. The smallest absolute Gasteiger partial charge is 0.433 e. The summed E-state index contributed by atoms with van der Waals surface area (Å²) < 4.78 is 81.0. The molecule has 0 radical (unpaired) electrons. The van der Waals surface area contributed by atoms with E-state index in [1.54, 1.807) is 5.10 Å². The first-order valence-corrected chi connectivity index (χ1v) is 13.8. The number of hydrogen-bond acceptors (Lipinski definition) is 3. The molecule has 3 aromatic rings. The summed E-state index contributed by atoms with van der Waals surface area (Å²) in [5.41, 5.74) is 0.378. The number of aromatic amines is 2. The van der Waals surface area contributed by atoms with E-state index >= 15 is 0 Å². The Labute approximate surface area is 201 Å². The van der Waals surface area contributed by atoms with Crippen LogP contribution in [0.25, 0.3) is 0 Å². The number of benzene rings is 1. The van der Waals surface area contributed by atoms with Gasteiger partial charge >= 0.3 is 12.4 Å². The standard InChI is InChI=1S/C19H27F3N2OSi.C4H3F3N2/c1-7-13-8-10-14(11-9-13)12-15-16(19(20,21)22)23-24-17(15)25-26(5,6)18(2,3)4;5-4(6,7)3-1-2-8-9-3/h8-11H,7,12H2,1-6H3,(H,23,24);1-2H,(H,8,9). The lowest BCUT2D eigenvalue weighted by molar-refractivity contribution is -0.142. The molecule has 2 heterocycles. The van der Waals surface area contributed by atoms with Crippen LogP contribution in [-0.2, 0) is 25.2 Å². The van der Waals surface area contributed by atoms with Crippen molar-refractivity contribution in [2.75, 3.05) is 0 Å². The molecule has 35 heavy (non-hydrogen) atoms. The lowest BCUT2D eigenvalue weighted by atomic mass is 10.0. The van der Waals surface area contributed by atoms with Gasteiger partial charge in [0.05, 0.1) is 0 Å². The van der Waals surface area contributed by atoms with Gasteiger partial charge in [0.2, 0.25) is 5.88 Å². The number of alkyl halides is 6. The Morgan fingerprint density at radius 2 is 1.43 bits per heavy atom. The van der Waals surface area contributed by atoms with Crippen LogP contribution in [0.3, 0.4) is 0 Å². The van der Waals surface area contributed by atoms with E-state index in [9.17, 15) is 26.3 Å². The SMILES string of the molecule is CCc1ccc(Cc2c(O[Si](C)(C)C(C)(C)C)n[nH]c2C(F)(F)F)cc1.FC(F)(F)c1ccn[nH]1. The maximum absolute atomic E-state index is 13.4. The molecular weight excluding hydrogens is 490 g/mol. The summed E-state index contributed by atoms with van der Waals surface area (Å²) in [5.74, 6) is 0.0727. The Bertz CT molecular complexity index is 1070. The van der Waals surface area contributed by atoms with Crippen molar-refractivity contribution < 1.29 is 30.8 Å². The fourth-order valence-electron chi connectivity index (χ4n) is 2.74. The zero-order chi connectivity index (χ0) is 26.7. The third-order valence-electron chi connectivity index (χ3n) is 5.89. The van der Waals surface area contributed by atoms with Gasteiger partial charge in [-0.3, -0.25) is 10.2 Å². The van der Waals surface area contributed by atoms with Gasteiger partial charge in [-0.05, 0) is 41.7 Å². The highest BCUT2D eigenvalue weighted by atomic mass is 28.4. The highest BCUT2D eigenvalue weighted by Crippen LogP contribution is 2.41. The second kappa shape index (κ2) is 10.5. The number of aromatic nitrogens is 4. The Morgan fingerprint density at radius 3 is 1.83 bits per heavy atom. The monoisotopic (exact) mass is 520 g/mol. The molecule has 0 bridgehead atoms. The Balaban J connectivity index is 0.000000402. The van der Waals surface area contributed by atoms with E-state index in [-0.39, 0.29) is 22.9 Å². The van der Waals surface area contributed by atoms with Crippen molar-refractivity contribution in [3.8, 4) is 5.88 Å². The highest BCUT2D eigenvalue weighted by Gasteiger charge is 2.43. The molecule has 0 atom stereocenters. The van der Waals surface area contributed by atoms with Crippen molar-refractivity contribution in [2.45, 2.75) is 71.0 Å². The summed E-state index contributed by atoms with van der Waals surface area (Å²) in [6.07, 6.45) is -6.72. The van der Waals surface area contributed by atoms with Gasteiger partial charge in [0.25, 0.3) is 8.32 Å². The van der Waals surface area contributed by atoms with E-state index in [1.165, 1.54) is 0 Å². The van der Waals surface area contributed by atoms with Gasteiger partial charge in [-0.15, -0.1) is 5.10 Å². The molecule has 0 fully saturated rings. The molecule has 1 aromatic carbocycles. The molecule has 2 N–H and O–H groups in total. The molecule has 0 aliphatic carbocycles. The van der Waals surface area contributed by atoms with Gasteiger partial charge in [-0.2, -0.15) is 31.4 Å². The van der Waals surface area contributed by atoms with Crippen molar-refractivity contribution in [2.24, 2.45) is 0 Å². The normalized spacial score (nSPS) is 12.8. The second-order valence-electron chi connectivity index (χ2n) is 9.56. The number of nitrogens with one attached hydrogen (secondary N) is 2. The molecule has 0 unspecified atom stereocenters. The van der Waals surface area contributed by atoms with Gasteiger partial charge in [-0.1, -0.05) is 52.0 Å². The first-order chi connectivity index (χ1) is 16.0. The molecule has 0 aliphatic heterocycles. The second-order valence-corrected chi connectivity index (χ2v) is 14.3. The van der Waals surface area contributed by atoms with Gasteiger partial charge in [0.15, 0.2) is 0 Å². The lowest BCUT2D eigenvalue weighted by Crippen LogP contribution is -2.44. The van der Waals surface area contributed by atoms with E-state index in [2.05, 4.69) is 15.3 Å². The third kappa shape index (κ3) is 7.61. The Morgan fingerprint density at radius 1 is 0.857 bits per heavy atom. The molecule has 0 saturated carbocycles.